The van der Waals surface area contributed by atoms with E-state index in [1.165, 1.54) is 31.5 Å². The van der Waals surface area contributed by atoms with Crippen LogP contribution in [0.3, 0.4) is 0 Å². The molecule has 1 aromatic heterocycles. The zero-order valence-electron chi connectivity index (χ0n) is 9.83. The minimum absolute atomic E-state index is 0. The van der Waals surface area contributed by atoms with Crippen molar-refractivity contribution in [2.24, 2.45) is 0 Å². The topological polar surface area (TPSA) is 39.8 Å². The van der Waals surface area contributed by atoms with Gasteiger partial charge in [-0.1, -0.05) is 6.42 Å². The van der Waals surface area contributed by atoms with Gasteiger partial charge in [0.15, 0.2) is 0 Å². The molecule has 1 aromatic rings. The standard InChI is InChI=1S/C12H21N3.ClH/c1-10(12-6-4-8-14-12)15-9-11-5-2-3-7-13-11;/h4,6,8,10-11,13-15H,2-3,5,7,9H2,1H3;1H. The van der Waals surface area contributed by atoms with Crippen LogP contribution in [-0.2, 0) is 0 Å². The summed E-state index contributed by atoms with van der Waals surface area (Å²) in [5, 5.41) is 7.11. The van der Waals surface area contributed by atoms with Gasteiger partial charge >= 0.3 is 0 Å². The van der Waals surface area contributed by atoms with Crippen molar-refractivity contribution >= 4 is 12.4 Å². The summed E-state index contributed by atoms with van der Waals surface area (Å²) < 4.78 is 0. The maximum Gasteiger partial charge on any atom is 0.0444 e. The maximum absolute atomic E-state index is 3.56. The zero-order valence-corrected chi connectivity index (χ0v) is 10.6. The summed E-state index contributed by atoms with van der Waals surface area (Å²) in [6.07, 6.45) is 6.00. The summed E-state index contributed by atoms with van der Waals surface area (Å²) in [4.78, 5) is 3.24. The van der Waals surface area contributed by atoms with Crippen LogP contribution in [0.5, 0.6) is 0 Å². The molecular weight excluding hydrogens is 222 g/mol. The van der Waals surface area contributed by atoms with Crippen molar-refractivity contribution in [3.8, 4) is 0 Å². The highest BCUT2D eigenvalue weighted by Crippen LogP contribution is 2.10. The fourth-order valence-electron chi connectivity index (χ4n) is 2.14. The third-order valence-corrected chi connectivity index (χ3v) is 3.17. The van der Waals surface area contributed by atoms with Gasteiger partial charge in [0, 0.05) is 30.5 Å². The van der Waals surface area contributed by atoms with Crippen LogP contribution in [0.4, 0.5) is 0 Å². The van der Waals surface area contributed by atoms with Crippen molar-refractivity contribution < 1.29 is 0 Å². The summed E-state index contributed by atoms with van der Waals surface area (Å²) in [6, 6.07) is 5.26. The average molecular weight is 244 g/mol. The van der Waals surface area contributed by atoms with Crippen LogP contribution in [0, 0.1) is 0 Å². The molecule has 0 radical (unpaired) electrons. The number of rotatable bonds is 4. The van der Waals surface area contributed by atoms with Crippen LogP contribution in [0.25, 0.3) is 0 Å². The van der Waals surface area contributed by atoms with E-state index in [0.29, 0.717) is 12.1 Å². The zero-order chi connectivity index (χ0) is 10.5. The monoisotopic (exact) mass is 243 g/mol. The van der Waals surface area contributed by atoms with E-state index in [2.05, 4.69) is 28.6 Å². The van der Waals surface area contributed by atoms with Crippen molar-refractivity contribution in [2.45, 2.75) is 38.3 Å². The first-order valence-corrected chi connectivity index (χ1v) is 5.96. The lowest BCUT2D eigenvalue weighted by Crippen LogP contribution is -2.42. The Balaban J connectivity index is 0.00000128. The Kier molecular flexibility index (Phi) is 5.88. The van der Waals surface area contributed by atoms with Crippen LogP contribution < -0.4 is 10.6 Å². The van der Waals surface area contributed by atoms with Gasteiger partial charge in [0.1, 0.15) is 0 Å². The number of aromatic amines is 1. The second-order valence-corrected chi connectivity index (χ2v) is 4.40. The van der Waals surface area contributed by atoms with E-state index in [1.54, 1.807) is 0 Å². The maximum atomic E-state index is 3.56. The number of aromatic nitrogens is 1. The smallest absolute Gasteiger partial charge is 0.0444 e. The molecule has 3 nitrogen and oxygen atoms in total. The van der Waals surface area contributed by atoms with Gasteiger partial charge in [-0.15, -0.1) is 12.4 Å². The first kappa shape index (κ1) is 13.6. The van der Waals surface area contributed by atoms with Crippen LogP contribution in [0.15, 0.2) is 18.3 Å². The summed E-state index contributed by atoms with van der Waals surface area (Å²) in [5.74, 6) is 0. The van der Waals surface area contributed by atoms with Gasteiger partial charge in [0.2, 0.25) is 0 Å². The third-order valence-electron chi connectivity index (χ3n) is 3.17. The van der Waals surface area contributed by atoms with Gasteiger partial charge in [0.05, 0.1) is 0 Å². The van der Waals surface area contributed by atoms with E-state index in [9.17, 15) is 0 Å². The lowest BCUT2D eigenvalue weighted by atomic mass is 10.0. The Morgan fingerprint density at radius 2 is 2.38 bits per heavy atom. The fraction of sp³-hybridized carbons (Fsp3) is 0.667. The van der Waals surface area contributed by atoms with E-state index in [1.807, 2.05) is 12.3 Å². The van der Waals surface area contributed by atoms with E-state index < -0.39 is 0 Å². The van der Waals surface area contributed by atoms with Gasteiger partial charge in [-0.3, -0.25) is 0 Å². The van der Waals surface area contributed by atoms with Crippen LogP contribution in [0.2, 0.25) is 0 Å². The quantitative estimate of drug-likeness (QED) is 0.759. The molecule has 4 heteroatoms. The summed E-state index contributed by atoms with van der Waals surface area (Å²) in [5.41, 5.74) is 1.27. The molecule has 2 heterocycles. The molecule has 1 fully saturated rings. The molecule has 1 aliphatic heterocycles. The molecule has 92 valence electrons. The first-order valence-electron chi connectivity index (χ1n) is 5.96. The summed E-state index contributed by atoms with van der Waals surface area (Å²) in [6.45, 7) is 4.46. The molecular formula is C12H22ClN3. The predicted molar refractivity (Wildman–Crippen MR) is 70.1 cm³/mol. The normalized spacial score (nSPS) is 22.4. The SMILES string of the molecule is CC(NCC1CCCCN1)c1ccc[nH]1.Cl. The van der Waals surface area contributed by atoms with Gasteiger partial charge in [-0.25, -0.2) is 0 Å². The Morgan fingerprint density at radius 3 is 3.00 bits per heavy atom. The average Bonchev–Trinajstić information content (AvgIpc) is 2.81. The minimum Gasteiger partial charge on any atom is -0.364 e. The second kappa shape index (κ2) is 6.94. The van der Waals surface area contributed by atoms with E-state index in [4.69, 9.17) is 0 Å². The Hall–Kier alpha value is -0.510. The molecule has 0 saturated carbocycles. The number of H-pyrrole nitrogens is 1. The van der Waals surface area contributed by atoms with Crippen LogP contribution in [0.1, 0.15) is 37.9 Å². The van der Waals surface area contributed by atoms with E-state index in [-0.39, 0.29) is 12.4 Å². The predicted octanol–water partition coefficient (Wildman–Crippen LogP) is 2.23. The van der Waals surface area contributed by atoms with Crippen LogP contribution in [-0.4, -0.2) is 24.1 Å². The number of piperidine rings is 1. The molecule has 0 spiro atoms. The van der Waals surface area contributed by atoms with Crippen molar-refractivity contribution in [1.29, 1.82) is 0 Å². The molecule has 2 atom stereocenters. The summed E-state index contributed by atoms with van der Waals surface area (Å²) >= 11 is 0. The van der Waals surface area contributed by atoms with Gasteiger partial charge in [0.25, 0.3) is 0 Å². The highest BCUT2D eigenvalue weighted by Gasteiger charge is 2.13. The lowest BCUT2D eigenvalue weighted by Gasteiger charge is -2.25. The fourth-order valence-corrected chi connectivity index (χ4v) is 2.14. The molecule has 2 rings (SSSR count). The van der Waals surface area contributed by atoms with Crippen molar-refractivity contribution in [3.63, 3.8) is 0 Å². The molecule has 16 heavy (non-hydrogen) atoms. The highest BCUT2D eigenvalue weighted by atomic mass is 35.5. The first-order chi connectivity index (χ1) is 7.36. The van der Waals surface area contributed by atoms with E-state index in [0.717, 1.165) is 6.54 Å². The molecule has 0 bridgehead atoms. The van der Waals surface area contributed by atoms with Crippen molar-refractivity contribution in [2.75, 3.05) is 13.1 Å². The minimum atomic E-state index is 0. The van der Waals surface area contributed by atoms with E-state index >= 15 is 0 Å². The summed E-state index contributed by atoms with van der Waals surface area (Å²) in [7, 11) is 0. The second-order valence-electron chi connectivity index (χ2n) is 4.40. The van der Waals surface area contributed by atoms with Crippen molar-refractivity contribution in [1.82, 2.24) is 15.6 Å². The molecule has 1 aliphatic rings. The number of hydrogen-bond donors (Lipinski definition) is 3. The van der Waals surface area contributed by atoms with Gasteiger partial charge < -0.3 is 15.6 Å². The molecule has 3 N–H and O–H groups in total. The largest absolute Gasteiger partial charge is 0.364 e. The Labute approximate surface area is 104 Å². The van der Waals surface area contributed by atoms with Gasteiger partial charge in [-0.2, -0.15) is 0 Å². The highest BCUT2D eigenvalue weighted by molar-refractivity contribution is 5.85. The Morgan fingerprint density at radius 1 is 1.50 bits per heavy atom. The lowest BCUT2D eigenvalue weighted by molar-refractivity contribution is 0.370. The third kappa shape index (κ3) is 3.81. The molecule has 2 unspecified atom stereocenters. The molecule has 0 amide bonds. The van der Waals surface area contributed by atoms with Gasteiger partial charge in [-0.05, 0) is 38.4 Å². The molecule has 0 aromatic carbocycles. The molecule has 0 aliphatic carbocycles. The number of nitrogens with one attached hydrogen (secondary N) is 3. The van der Waals surface area contributed by atoms with Crippen LogP contribution >= 0.6 is 12.4 Å². The Bertz CT molecular complexity index is 268. The molecule has 1 saturated heterocycles. The number of hydrogen-bond acceptors (Lipinski definition) is 2. The number of halogens is 1. The van der Waals surface area contributed by atoms with Crippen molar-refractivity contribution in [3.05, 3.63) is 24.0 Å².